The molecule has 1 aromatic carbocycles. The molecule has 0 bridgehead atoms. The van der Waals surface area contributed by atoms with Crippen LogP contribution in [0.1, 0.15) is 5.56 Å². The molecule has 0 aliphatic rings. The smallest absolute Gasteiger partial charge is 0.119 e. The third-order valence-electron chi connectivity index (χ3n) is 2.80. The highest BCUT2D eigenvalue weighted by Gasteiger charge is 2.04. The molecule has 92 valence electrons. The van der Waals surface area contributed by atoms with Crippen molar-refractivity contribution in [1.82, 2.24) is 15.4 Å². The average molecular weight is 233 g/mol. The van der Waals surface area contributed by atoms with Gasteiger partial charge in [0.05, 0.1) is 7.11 Å². The van der Waals surface area contributed by atoms with Crippen LogP contribution in [0.3, 0.4) is 0 Å². The van der Waals surface area contributed by atoms with E-state index in [9.17, 15) is 0 Å². The first-order valence-corrected chi connectivity index (χ1v) is 5.75. The van der Waals surface area contributed by atoms with Crippen molar-refractivity contribution in [3.63, 3.8) is 0 Å². The SMILES string of the molecule is COc1ccc2[nH]cc(CCNN(C)C)c2c1. The normalized spacial score (nSPS) is 11.3. The highest BCUT2D eigenvalue weighted by molar-refractivity contribution is 5.84. The number of hydrazine groups is 1. The van der Waals surface area contributed by atoms with E-state index in [0.717, 1.165) is 24.2 Å². The van der Waals surface area contributed by atoms with E-state index in [2.05, 4.69) is 28.7 Å². The summed E-state index contributed by atoms with van der Waals surface area (Å²) in [7, 11) is 5.69. The van der Waals surface area contributed by atoms with Gasteiger partial charge in [-0.15, -0.1) is 0 Å². The molecule has 17 heavy (non-hydrogen) atoms. The van der Waals surface area contributed by atoms with Gasteiger partial charge in [0.15, 0.2) is 0 Å². The number of aromatic nitrogens is 1. The van der Waals surface area contributed by atoms with Crippen LogP contribution in [0.5, 0.6) is 5.75 Å². The first-order chi connectivity index (χ1) is 8.20. The minimum atomic E-state index is 0.902. The van der Waals surface area contributed by atoms with Crippen molar-refractivity contribution < 1.29 is 4.74 Å². The fourth-order valence-electron chi connectivity index (χ4n) is 1.91. The van der Waals surface area contributed by atoms with Gasteiger partial charge in [0.25, 0.3) is 0 Å². The summed E-state index contributed by atoms with van der Waals surface area (Å²) in [6, 6.07) is 6.11. The molecular formula is C13H19N3O. The number of benzene rings is 1. The minimum absolute atomic E-state index is 0.902. The van der Waals surface area contributed by atoms with Gasteiger partial charge in [-0.1, -0.05) is 0 Å². The summed E-state index contributed by atoms with van der Waals surface area (Å²) in [5.74, 6) is 0.902. The fourth-order valence-corrected chi connectivity index (χ4v) is 1.91. The highest BCUT2D eigenvalue weighted by Crippen LogP contribution is 2.23. The van der Waals surface area contributed by atoms with Crippen LogP contribution >= 0.6 is 0 Å². The molecule has 0 aliphatic heterocycles. The third kappa shape index (κ3) is 2.78. The van der Waals surface area contributed by atoms with Gasteiger partial charge in [-0.05, 0) is 30.2 Å². The van der Waals surface area contributed by atoms with Gasteiger partial charge in [-0.2, -0.15) is 0 Å². The standard InChI is InChI=1S/C13H19N3O/c1-16(2)15-7-6-10-9-14-13-5-4-11(17-3)8-12(10)13/h4-5,8-9,14-15H,6-7H2,1-3H3. The van der Waals surface area contributed by atoms with E-state index >= 15 is 0 Å². The van der Waals surface area contributed by atoms with Crippen molar-refractivity contribution in [2.75, 3.05) is 27.7 Å². The monoisotopic (exact) mass is 233 g/mol. The molecule has 2 aromatic rings. The molecule has 0 atom stereocenters. The van der Waals surface area contributed by atoms with Gasteiger partial charge in [-0.3, -0.25) is 10.4 Å². The van der Waals surface area contributed by atoms with Crippen LogP contribution in [-0.2, 0) is 6.42 Å². The average Bonchev–Trinajstić information content (AvgIpc) is 2.71. The van der Waals surface area contributed by atoms with Crippen molar-refractivity contribution >= 4 is 10.9 Å². The first kappa shape index (κ1) is 12.0. The lowest BCUT2D eigenvalue weighted by Crippen LogP contribution is -2.31. The lowest BCUT2D eigenvalue weighted by atomic mass is 10.1. The predicted octanol–water partition coefficient (Wildman–Crippen LogP) is 1.79. The Labute approximate surface area is 102 Å². The molecule has 0 saturated heterocycles. The molecule has 1 aromatic heterocycles. The Morgan fingerprint density at radius 3 is 2.88 bits per heavy atom. The van der Waals surface area contributed by atoms with Gasteiger partial charge >= 0.3 is 0 Å². The number of hydrogen-bond donors (Lipinski definition) is 2. The van der Waals surface area contributed by atoms with Gasteiger partial charge in [0.1, 0.15) is 5.75 Å². The number of hydrogen-bond acceptors (Lipinski definition) is 3. The molecule has 0 radical (unpaired) electrons. The molecule has 0 spiro atoms. The van der Waals surface area contributed by atoms with E-state index in [0.29, 0.717) is 0 Å². The molecule has 0 fully saturated rings. The summed E-state index contributed by atoms with van der Waals surface area (Å²) in [4.78, 5) is 3.28. The van der Waals surface area contributed by atoms with E-state index in [1.54, 1.807) is 7.11 Å². The number of aromatic amines is 1. The molecule has 0 unspecified atom stereocenters. The van der Waals surface area contributed by atoms with E-state index in [4.69, 9.17) is 4.74 Å². The van der Waals surface area contributed by atoms with Crippen molar-refractivity contribution in [1.29, 1.82) is 0 Å². The number of rotatable bonds is 5. The third-order valence-corrected chi connectivity index (χ3v) is 2.80. The summed E-state index contributed by atoms with van der Waals surface area (Å²) in [6.45, 7) is 0.928. The number of nitrogens with zero attached hydrogens (tertiary/aromatic N) is 1. The Morgan fingerprint density at radius 2 is 2.18 bits per heavy atom. The molecule has 4 heteroatoms. The second kappa shape index (κ2) is 5.21. The van der Waals surface area contributed by atoms with Crippen molar-refractivity contribution in [2.24, 2.45) is 0 Å². The molecule has 0 saturated carbocycles. The molecule has 4 nitrogen and oxygen atoms in total. The van der Waals surface area contributed by atoms with E-state index in [-0.39, 0.29) is 0 Å². The molecule has 2 N–H and O–H groups in total. The summed E-state index contributed by atoms with van der Waals surface area (Å²) in [6.07, 6.45) is 3.06. The van der Waals surface area contributed by atoms with E-state index in [1.165, 1.54) is 10.9 Å². The summed E-state index contributed by atoms with van der Waals surface area (Å²) >= 11 is 0. The van der Waals surface area contributed by atoms with E-state index < -0.39 is 0 Å². The molecule has 0 aliphatic carbocycles. The molecular weight excluding hydrogens is 214 g/mol. The maximum atomic E-state index is 5.25. The van der Waals surface area contributed by atoms with Crippen LogP contribution in [0.15, 0.2) is 24.4 Å². The Morgan fingerprint density at radius 1 is 1.35 bits per heavy atom. The van der Waals surface area contributed by atoms with Gasteiger partial charge in [0, 0.05) is 37.7 Å². The van der Waals surface area contributed by atoms with Gasteiger partial charge in [0.2, 0.25) is 0 Å². The lowest BCUT2D eigenvalue weighted by Gasteiger charge is -2.11. The Balaban J connectivity index is 2.16. The van der Waals surface area contributed by atoms with Crippen molar-refractivity contribution in [2.45, 2.75) is 6.42 Å². The molecule has 0 amide bonds. The van der Waals surface area contributed by atoms with Crippen molar-refractivity contribution in [3.8, 4) is 5.75 Å². The summed E-state index contributed by atoms with van der Waals surface area (Å²) in [5.41, 5.74) is 5.74. The molecule has 1 heterocycles. The Hall–Kier alpha value is -1.52. The van der Waals surface area contributed by atoms with Crippen LogP contribution in [0.2, 0.25) is 0 Å². The quantitative estimate of drug-likeness (QED) is 0.773. The Kier molecular flexibility index (Phi) is 3.66. The number of methoxy groups -OCH3 is 1. The van der Waals surface area contributed by atoms with Gasteiger partial charge in [-0.25, -0.2) is 0 Å². The number of nitrogens with one attached hydrogen (secondary N) is 2. The fraction of sp³-hybridized carbons (Fsp3) is 0.385. The summed E-state index contributed by atoms with van der Waals surface area (Å²) in [5, 5.41) is 3.21. The highest BCUT2D eigenvalue weighted by atomic mass is 16.5. The van der Waals surface area contributed by atoms with Crippen LogP contribution in [0, 0.1) is 0 Å². The zero-order valence-electron chi connectivity index (χ0n) is 10.6. The number of ether oxygens (including phenoxy) is 1. The Bertz CT molecular complexity index is 490. The first-order valence-electron chi connectivity index (χ1n) is 5.75. The zero-order chi connectivity index (χ0) is 12.3. The maximum Gasteiger partial charge on any atom is 0.119 e. The maximum absolute atomic E-state index is 5.25. The molecule has 2 rings (SSSR count). The van der Waals surface area contributed by atoms with Crippen LogP contribution in [-0.4, -0.2) is 37.7 Å². The van der Waals surface area contributed by atoms with Crippen LogP contribution in [0.4, 0.5) is 0 Å². The second-order valence-corrected chi connectivity index (χ2v) is 4.28. The van der Waals surface area contributed by atoms with E-state index in [1.807, 2.05) is 25.2 Å². The van der Waals surface area contributed by atoms with Crippen molar-refractivity contribution in [3.05, 3.63) is 30.0 Å². The largest absolute Gasteiger partial charge is 0.497 e. The minimum Gasteiger partial charge on any atom is -0.497 e. The second-order valence-electron chi connectivity index (χ2n) is 4.28. The number of H-pyrrole nitrogens is 1. The number of fused-ring (bicyclic) bond motifs is 1. The van der Waals surface area contributed by atoms with Crippen LogP contribution < -0.4 is 10.2 Å². The topological polar surface area (TPSA) is 40.3 Å². The summed E-state index contributed by atoms with van der Waals surface area (Å²) < 4.78 is 5.25. The zero-order valence-corrected chi connectivity index (χ0v) is 10.6. The van der Waals surface area contributed by atoms with Gasteiger partial charge < -0.3 is 9.72 Å². The predicted molar refractivity (Wildman–Crippen MR) is 70.2 cm³/mol. The van der Waals surface area contributed by atoms with Crippen LogP contribution in [0.25, 0.3) is 10.9 Å². The lowest BCUT2D eigenvalue weighted by molar-refractivity contribution is 0.292.